The molecule has 0 saturated heterocycles. The van der Waals surface area contributed by atoms with Crippen molar-refractivity contribution in [1.29, 1.82) is 0 Å². The highest BCUT2D eigenvalue weighted by atomic mass is 19.1. The molecule has 5 nitrogen and oxygen atoms in total. The van der Waals surface area contributed by atoms with Crippen LogP contribution < -0.4 is 10.1 Å². The van der Waals surface area contributed by atoms with Crippen molar-refractivity contribution in [3.63, 3.8) is 0 Å². The van der Waals surface area contributed by atoms with Gasteiger partial charge in [0.15, 0.2) is 0 Å². The Morgan fingerprint density at radius 2 is 2.11 bits per heavy atom. The number of aromatic nitrogens is 3. The Bertz CT molecular complexity index is 483. The van der Waals surface area contributed by atoms with Crippen LogP contribution in [0.5, 0.6) is 5.75 Å². The Hall–Kier alpha value is -1.95. The first-order chi connectivity index (χ1) is 8.78. The summed E-state index contributed by atoms with van der Waals surface area (Å²) in [5, 5.41) is 11.0. The minimum absolute atomic E-state index is 0.268. The van der Waals surface area contributed by atoms with Crippen molar-refractivity contribution in [2.45, 2.75) is 13.1 Å². The zero-order chi connectivity index (χ0) is 12.8. The van der Waals surface area contributed by atoms with Crippen molar-refractivity contribution in [1.82, 2.24) is 20.3 Å². The average molecular weight is 250 g/mol. The quantitative estimate of drug-likeness (QED) is 0.837. The molecule has 18 heavy (non-hydrogen) atoms. The molecular weight excluding hydrogens is 235 g/mol. The number of halogens is 1. The number of nitrogens with one attached hydrogen (secondary N) is 1. The average Bonchev–Trinajstić information content (AvgIpc) is 2.80. The molecule has 0 bridgehead atoms. The molecule has 0 saturated carbocycles. The molecule has 0 atom stereocenters. The number of nitrogens with zero attached hydrogens (tertiary/aromatic N) is 3. The fraction of sp³-hybridized carbons (Fsp3) is 0.333. The smallest absolute Gasteiger partial charge is 0.123 e. The summed E-state index contributed by atoms with van der Waals surface area (Å²) < 4.78 is 19.8. The molecule has 1 aromatic carbocycles. The maximum atomic E-state index is 12.7. The molecule has 2 rings (SSSR count). The normalized spacial score (nSPS) is 10.6. The lowest BCUT2D eigenvalue weighted by Crippen LogP contribution is -2.09. The molecule has 0 radical (unpaired) electrons. The van der Waals surface area contributed by atoms with Gasteiger partial charge in [-0.25, -0.2) is 9.07 Å². The van der Waals surface area contributed by atoms with Gasteiger partial charge in [0.1, 0.15) is 18.2 Å². The van der Waals surface area contributed by atoms with Gasteiger partial charge in [-0.3, -0.25) is 0 Å². The van der Waals surface area contributed by atoms with Gasteiger partial charge < -0.3 is 10.1 Å². The van der Waals surface area contributed by atoms with Crippen LogP contribution in [0.15, 0.2) is 30.5 Å². The van der Waals surface area contributed by atoms with Crippen LogP contribution in [0.2, 0.25) is 0 Å². The first kappa shape index (κ1) is 12.5. The van der Waals surface area contributed by atoms with Gasteiger partial charge in [-0.15, -0.1) is 5.10 Å². The number of hydrogen-bond donors (Lipinski definition) is 1. The van der Waals surface area contributed by atoms with Crippen molar-refractivity contribution < 1.29 is 9.13 Å². The maximum Gasteiger partial charge on any atom is 0.123 e. The number of ether oxygens (including phenoxy) is 1. The fourth-order valence-corrected chi connectivity index (χ4v) is 1.50. The highest BCUT2D eigenvalue weighted by Crippen LogP contribution is 2.10. The summed E-state index contributed by atoms with van der Waals surface area (Å²) in [6, 6.07) is 5.94. The maximum absolute atomic E-state index is 12.7. The van der Waals surface area contributed by atoms with Crippen LogP contribution in [0.4, 0.5) is 4.39 Å². The summed E-state index contributed by atoms with van der Waals surface area (Å²) >= 11 is 0. The molecule has 1 aromatic heterocycles. The molecule has 1 N–H and O–H groups in total. The molecule has 6 heteroatoms. The van der Waals surface area contributed by atoms with Crippen molar-refractivity contribution in [3.05, 3.63) is 42.0 Å². The van der Waals surface area contributed by atoms with Gasteiger partial charge in [0.2, 0.25) is 0 Å². The van der Waals surface area contributed by atoms with E-state index in [0.717, 1.165) is 5.69 Å². The van der Waals surface area contributed by atoms with Crippen LogP contribution in [0.25, 0.3) is 0 Å². The first-order valence-corrected chi connectivity index (χ1v) is 5.70. The van der Waals surface area contributed by atoms with E-state index in [1.807, 2.05) is 13.2 Å². The van der Waals surface area contributed by atoms with Crippen LogP contribution in [0.1, 0.15) is 5.69 Å². The molecule has 0 aliphatic heterocycles. The topological polar surface area (TPSA) is 52.0 Å². The van der Waals surface area contributed by atoms with Gasteiger partial charge in [-0.05, 0) is 31.3 Å². The number of rotatable bonds is 6. The van der Waals surface area contributed by atoms with E-state index in [-0.39, 0.29) is 5.82 Å². The van der Waals surface area contributed by atoms with Crippen molar-refractivity contribution >= 4 is 0 Å². The minimum Gasteiger partial charge on any atom is -0.492 e. The number of hydrogen-bond acceptors (Lipinski definition) is 4. The van der Waals surface area contributed by atoms with Crippen molar-refractivity contribution in [2.75, 3.05) is 13.7 Å². The van der Waals surface area contributed by atoms with Gasteiger partial charge in [0.05, 0.1) is 12.2 Å². The Morgan fingerprint density at radius 1 is 1.33 bits per heavy atom. The molecular formula is C12H15FN4O. The summed E-state index contributed by atoms with van der Waals surface area (Å²) in [4.78, 5) is 0. The van der Waals surface area contributed by atoms with Gasteiger partial charge in [0.25, 0.3) is 0 Å². The van der Waals surface area contributed by atoms with E-state index in [9.17, 15) is 4.39 Å². The van der Waals surface area contributed by atoms with Crippen LogP contribution >= 0.6 is 0 Å². The molecule has 0 spiro atoms. The molecule has 1 heterocycles. The van der Waals surface area contributed by atoms with E-state index in [2.05, 4.69) is 15.6 Å². The Kier molecular flexibility index (Phi) is 4.25. The highest BCUT2D eigenvalue weighted by molar-refractivity contribution is 5.21. The van der Waals surface area contributed by atoms with E-state index in [0.29, 0.717) is 25.4 Å². The summed E-state index contributed by atoms with van der Waals surface area (Å²) in [6.45, 7) is 1.76. The van der Waals surface area contributed by atoms with Crippen LogP contribution in [-0.2, 0) is 13.1 Å². The second kappa shape index (κ2) is 6.11. The standard InChI is InChI=1S/C12H15FN4O/c1-14-8-11-9-17(16-15-11)6-7-18-12-4-2-10(13)3-5-12/h2-5,9,14H,6-8H2,1H3. The van der Waals surface area contributed by atoms with Crippen LogP contribution in [0.3, 0.4) is 0 Å². The zero-order valence-corrected chi connectivity index (χ0v) is 10.1. The molecule has 0 aliphatic carbocycles. The second-order valence-electron chi connectivity index (χ2n) is 3.81. The van der Waals surface area contributed by atoms with Crippen LogP contribution in [-0.4, -0.2) is 28.6 Å². The third-order valence-electron chi connectivity index (χ3n) is 2.35. The Morgan fingerprint density at radius 3 is 2.83 bits per heavy atom. The molecule has 0 amide bonds. The number of benzene rings is 1. The van der Waals surface area contributed by atoms with Crippen molar-refractivity contribution in [2.24, 2.45) is 0 Å². The van der Waals surface area contributed by atoms with Crippen molar-refractivity contribution in [3.8, 4) is 5.75 Å². The molecule has 96 valence electrons. The summed E-state index contributed by atoms with van der Waals surface area (Å²) in [5.41, 5.74) is 0.888. The summed E-state index contributed by atoms with van der Waals surface area (Å²) in [6.07, 6.45) is 1.87. The third-order valence-corrected chi connectivity index (χ3v) is 2.35. The third kappa shape index (κ3) is 3.53. The van der Waals surface area contributed by atoms with Gasteiger partial charge in [-0.2, -0.15) is 0 Å². The van der Waals surface area contributed by atoms with E-state index in [4.69, 9.17) is 4.74 Å². The lowest BCUT2D eigenvalue weighted by molar-refractivity contribution is 0.289. The van der Waals surface area contributed by atoms with E-state index in [1.54, 1.807) is 16.8 Å². The zero-order valence-electron chi connectivity index (χ0n) is 10.1. The second-order valence-corrected chi connectivity index (χ2v) is 3.81. The first-order valence-electron chi connectivity index (χ1n) is 5.70. The Labute approximate surface area is 105 Å². The Balaban J connectivity index is 1.79. The van der Waals surface area contributed by atoms with Gasteiger partial charge in [-0.1, -0.05) is 5.21 Å². The van der Waals surface area contributed by atoms with E-state index >= 15 is 0 Å². The molecule has 2 aromatic rings. The molecule has 0 fully saturated rings. The van der Waals surface area contributed by atoms with Gasteiger partial charge >= 0.3 is 0 Å². The molecule has 0 unspecified atom stereocenters. The predicted molar refractivity (Wildman–Crippen MR) is 64.7 cm³/mol. The monoisotopic (exact) mass is 250 g/mol. The highest BCUT2D eigenvalue weighted by Gasteiger charge is 2.00. The lowest BCUT2D eigenvalue weighted by atomic mass is 10.3. The van der Waals surface area contributed by atoms with Crippen LogP contribution in [0, 0.1) is 5.82 Å². The largest absolute Gasteiger partial charge is 0.492 e. The predicted octanol–water partition coefficient (Wildman–Crippen LogP) is 1.22. The SMILES string of the molecule is CNCc1cn(CCOc2ccc(F)cc2)nn1. The summed E-state index contributed by atoms with van der Waals surface area (Å²) in [7, 11) is 1.86. The minimum atomic E-state index is -0.268. The molecule has 0 aliphatic rings. The van der Waals surface area contributed by atoms with Gasteiger partial charge in [0, 0.05) is 12.7 Å². The van der Waals surface area contributed by atoms with E-state index in [1.165, 1.54) is 12.1 Å². The van der Waals surface area contributed by atoms with E-state index < -0.39 is 0 Å². The summed E-state index contributed by atoms with van der Waals surface area (Å²) in [5.74, 6) is 0.377. The fourth-order valence-electron chi connectivity index (χ4n) is 1.50. The lowest BCUT2D eigenvalue weighted by Gasteiger charge is -2.05.